The van der Waals surface area contributed by atoms with Gasteiger partial charge in [0.05, 0.1) is 5.39 Å². The van der Waals surface area contributed by atoms with Crippen LogP contribution in [0.25, 0.3) is 22.6 Å². The van der Waals surface area contributed by atoms with Gasteiger partial charge in [0.15, 0.2) is 6.20 Å². The first-order chi connectivity index (χ1) is 15.7. The molecule has 2 nitrogen and oxygen atoms in total. The molecule has 0 atom stereocenters. The number of aromatic nitrogens is 1. The van der Waals surface area contributed by atoms with Crippen LogP contribution in [0.1, 0.15) is 44.2 Å². The zero-order valence-electron chi connectivity index (χ0n) is 19.5. The fraction of sp³-hybridized carbons (Fsp3) is 0.233. The molecule has 1 aliphatic rings. The quantitative estimate of drug-likeness (QED) is 0.222. The van der Waals surface area contributed by atoms with E-state index in [0.29, 0.717) is 0 Å². The lowest BCUT2D eigenvalue weighted by Crippen LogP contribution is -2.28. The van der Waals surface area contributed by atoms with Crippen molar-refractivity contribution in [2.45, 2.75) is 33.1 Å². The maximum atomic E-state index is 2.39. The molecule has 3 aromatic rings. The Labute approximate surface area is 192 Å². The van der Waals surface area contributed by atoms with E-state index in [1.54, 1.807) is 0 Å². The summed E-state index contributed by atoms with van der Waals surface area (Å²) in [5.41, 5.74) is 7.59. The summed E-state index contributed by atoms with van der Waals surface area (Å²) in [4.78, 5) is 2.39. The van der Waals surface area contributed by atoms with Gasteiger partial charge in [-0.2, -0.15) is 0 Å². The van der Waals surface area contributed by atoms with Gasteiger partial charge in [0.2, 0.25) is 5.52 Å². The Hall–Kier alpha value is -3.39. The third-order valence-electron chi connectivity index (χ3n) is 6.09. The van der Waals surface area contributed by atoms with Crippen LogP contribution in [-0.2, 0) is 7.05 Å². The van der Waals surface area contributed by atoms with Gasteiger partial charge in [-0.3, -0.25) is 0 Å². The van der Waals surface area contributed by atoms with E-state index in [9.17, 15) is 0 Å². The van der Waals surface area contributed by atoms with Gasteiger partial charge in [0, 0.05) is 36.1 Å². The van der Waals surface area contributed by atoms with Crippen LogP contribution >= 0.6 is 0 Å². The molecule has 0 saturated carbocycles. The standard InChI is InChI=1S/C30H33N2/c1-4-5-10-21-32-23-20-26(28-12-7-9-14-30(28)32)18-16-24(2)15-17-25-19-22-31(3)29-13-8-6-11-27(25)29/h6-9,11-20,22-23H,4-5,10,21H2,1-3H3/q+1. The van der Waals surface area contributed by atoms with E-state index >= 15 is 0 Å². The summed E-state index contributed by atoms with van der Waals surface area (Å²) in [6.07, 6.45) is 19.2. The second kappa shape index (κ2) is 10.3. The van der Waals surface area contributed by atoms with E-state index in [4.69, 9.17) is 0 Å². The Bertz CT molecular complexity index is 1210. The van der Waals surface area contributed by atoms with Crippen LogP contribution in [0.5, 0.6) is 0 Å². The van der Waals surface area contributed by atoms with Gasteiger partial charge in [-0.05, 0) is 42.7 Å². The minimum atomic E-state index is 1.08. The van der Waals surface area contributed by atoms with E-state index in [0.717, 1.165) is 6.54 Å². The first-order valence-corrected chi connectivity index (χ1v) is 11.7. The number of fused-ring (bicyclic) bond motifs is 2. The van der Waals surface area contributed by atoms with Gasteiger partial charge in [-0.25, -0.2) is 4.57 Å². The van der Waals surface area contributed by atoms with Crippen molar-refractivity contribution >= 4 is 28.2 Å². The summed E-state index contributed by atoms with van der Waals surface area (Å²) in [5.74, 6) is 0. The molecular weight excluding hydrogens is 388 g/mol. The number of hydrogen-bond donors (Lipinski definition) is 0. The molecular formula is C30H33N2+. The van der Waals surface area contributed by atoms with E-state index in [1.807, 2.05) is 0 Å². The molecule has 2 heterocycles. The maximum absolute atomic E-state index is 2.39. The highest BCUT2D eigenvalue weighted by molar-refractivity contribution is 5.87. The predicted molar refractivity (Wildman–Crippen MR) is 138 cm³/mol. The van der Waals surface area contributed by atoms with Crippen LogP contribution in [-0.4, -0.2) is 6.54 Å². The molecule has 1 aromatic heterocycles. The van der Waals surface area contributed by atoms with Crippen LogP contribution in [0.2, 0.25) is 0 Å². The number of nitrogens with zero attached hydrogens (tertiary/aromatic N) is 2. The summed E-state index contributed by atoms with van der Waals surface area (Å²) in [5, 5.41) is 1.27. The van der Waals surface area contributed by atoms with Gasteiger partial charge in [0.1, 0.15) is 7.05 Å². The lowest BCUT2D eigenvalue weighted by molar-refractivity contribution is -0.644. The van der Waals surface area contributed by atoms with Crippen molar-refractivity contribution in [3.63, 3.8) is 0 Å². The number of para-hydroxylation sites is 2. The van der Waals surface area contributed by atoms with Gasteiger partial charge < -0.3 is 4.90 Å². The fourth-order valence-electron chi connectivity index (χ4n) is 4.21. The van der Waals surface area contributed by atoms with Crippen molar-refractivity contribution in [1.82, 2.24) is 0 Å². The lowest BCUT2D eigenvalue weighted by atomic mass is 9.98. The molecule has 0 radical (unpaired) electrons. The van der Waals surface area contributed by atoms with Crippen LogP contribution < -0.4 is 9.47 Å². The van der Waals surface area contributed by atoms with Crippen LogP contribution in [0.3, 0.4) is 0 Å². The maximum Gasteiger partial charge on any atom is 0.212 e. The summed E-state index contributed by atoms with van der Waals surface area (Å²) < 4.78 is 2.16. The third-order valence-corrected chi connectivity index (χ3v) is 6.09. The van der Waals surface area contributed by atoms with Crippen molar-refractivity contribution in [3.05, 3.63) is 108 Å². The Morgan fingerprint density at radius 3 is 2.69 bits per heavy atom. The summed E-state index contributed by atoms with van der Waals surface area (Å²) >= 11 is 0. The van der Waals surface area contributed by atoms with Crippen molar-refractivity contribution in [2.75, 3.05) is 11.4 Å². The molecule has 0 bridgehead atoms. The van der Waals surface area contributed by atoms with E-state index in [2.05, 4.69) is 128 Å². The molecule has 32 heavy (non-hydrogen) atoms. The molecule has 0 N–H and O–H groups in total. The normalized spacial score (nSPS) is 15.2. The Morgan fingerprint density at radius 2 is 1.81 bits per heavy atom. The first-order valence-electron chi connectivity index (χ1n) is 11.7. The smallest absolute Gasteiger partial charge is 0.212 e. The molecule has 1 aliphatic heterocycles. The van der Waals surface area contributed by atoms with Crippen molar-refractivity contribution in [2.24, 2.45) is 7.05 Å². The minimum Gasteiger partial charge on any atom is -0.347 e. The molecule has 2 aromatic carbocycles. The minimum absolute atomic E-state index is 1.08. The average molecular weight is 422 g/mol. The zero-order valence-corrected chi connectivity index (χ0v) is 19.5. The van der Waals surface area contributed by atoms with Crippen LogP contribution in [0, 0.1) is 0 Å². The topological polar surface area (TPSA) is 7.12 Å². The van der Waals surface area contributed by atoms with Crippen molar-refractivity contribution in [3.8, 4) is 0 Å². The number of anilines is 1. The molecule has 0 amide bonds. The largest absolute Gasteiger partial charge is 0.347 e. The number of hydrogen-bond acceptors (Lipinski definition) is 1. The fourth-order valence-corrected chi connectivity index (χ4v) is 4.21. The highest BCUT2D eigenvalue weighted by atomic mass is 15.1. The average Bonchev–Trinajstić information content (AvgIpc) is 2.83. The molecule has 162 valence electrons. The molecule has 0 unspecified atom stereocenters. The molecule has 0 aliphatic carbocycles. The number of allylic oxidation sites excluding steroid dienone is 6. The number of unbranched alkanes of at least 4 members (excludes halogenated alkanes) is 2. The molecule has 0 fully saturated rings. The van der Waals surface area contributed by atoms with E-state index in [1.165, 1.54) is 58.1 Å². The summed E-state index contributed by atoms with van der Waals surface area (Å²) in [6, 6.07) is 19.5. The molecule has 0 saturated heterocycles. The van der Waals surface area contributed by atoms with E-state index in [-0.39, 0.29) is 0 Å². The second-order valence-corrected chi connectivity index (χ2v) is 8.50. The number of benzene rings is 2. The highest BCUT2D eigenvalue weighted by Gasteiger charge is 2.14. The summed E-state index contributed by atoms with van der Waals surface area (Å²) in [7, 11) is 2.09. The highest BCUT2D eigenvalue weighted by Crippen LogP contribution is 2.33. The van der Waals surface area contributed by atoms with Gasteiger partial charge >= 0.3 is 0 Å². The van der Waals surface area contributed by atoms with Crippen LogP contribution in [0.15, 0.2) is 96.9 Å². The van der Waals surface area contributed by atoms with Gasteiger partial charge in [0.25, 0.3) is 0 Å². The van der Waals surface area contributed by atoms with Gasteiger partial charge in [-0.15, -0.1) is 0 Å². The van der Waals surface area contributed by atoms with Gasteiger partial charge in [-0.1, -0.05) is 80.0 Å². The SMILES string of the molecule is CCCCCN1C=CC(=CC=C(C)C=Cc2cc[n+](C)c3ccccc23)c2ccccc21. The monoisotopic (exact) mass is 421 g/mol. The molecule has 0 spiro atoms. The summed E-state index contributed by atoms with van der Waals surface area (Å²) in [6.45, 7) is 5.49. The predicted octanol–water partition coefficient (Wildman–Crippen LogP) is 7.23. The number of pyridine rings is 1. The first kappa shape index (κ1) is 21.8. The number of aryl methyl sites for hydroxylation is 1. The van der Waals surface area contributed by atoms with Crippen molar-refractivity contribution in [1.29, 1.82) is 0 Å². The second-order valence-electron chi connectivity index (χ2n) is 8.50. The number of rotatable bonds is 7. The Kier molecular flexibility index (Phi) is 7.01. The lowest BCUT2D eigenvalue weighted by Gasteiger charge is -2.27. The molecule has 2 heteroatoms. The van der Waals surface area contributed by atoms with Crippen molar-refractivity contribution < 1.29 is 4.57 Å². The Balaban J connectivity index is 1.55. The molecule has 4 rings (SSSR count). The van der Waals surface area contributed by atoms with Crippen LogP contribution in [0.4, 0.5) is 5.69 Å². The third kappa shape index (κ3) is 4.91. The Morgan fingerprint density at radius 1 is 1.00 bits per heavy atom. The zero-order chi connectivity index (χ0) is 22.3. The van der Waals surface area contributed by atoms with E-state index < -0.39 is 0 Å².